The van der Waals surface area contributed by atoms with Gasteiger partial charge in [0.25, 0.3) is 0 Å². The Hall–Kier alpha value is -2.32. The summed E-state index contributed by atoms with van der Waals surface area (Å²) in [4.78, 5) is 15.8. The summed E-state index contributed by atoms with van der Waals surface area (Å²) in [7, 11) is 0. The van der Waals surface area contributed by atoms with Gasteiger partial charge in [-0.25, -0.2) is 0 Å². The van der Waals surface area contributed by atoms with Crippen LogP contribution in [-0.4, -0.2) is 70.4 Å². The van der Waals surface area contributed by atoms with Crippen molar-refractivity contribution in [2.45, 2.75) is 26.3 Å². The summed E-state index contributed by atoms with van der Waals surface area (Å²) in [5.41, 5.74) is 2.11. The molecule has 1 aromatic heterocycles. The zero-order valence-electron chi connectivity index (χ0n) is 15.2. The van der Waals surface area contributed by atoms with Crippen molar-refractivity contribution in [1.29, 1.82) is 0 Å². The van der Waals surface area contributed by atoms with Crippen LogP contribution >= 0.6 is 0 Å². The second kappa shape index (κ2) is 9.40. The Balaban J connectivity index is 1.34. The minimum atomic E-state index is 0.0150. The maximum absolute atomic E-state index is 11.9. The molecule has 1 fully saturated rings. The lowest BCUT2D eigenvalue weighted by Gasteiger charge is -2.26. The normalized spacial score (nSPS) is 15.1. The first kappa shape index (κ1) is 18.5. The number of ether oxygens (including phenoxy) is 1. The minimum Gasteiger partial charge on any atom is -0.379 e. The summed E-state index contributed by atoms with van der Waals surface area (Å²) in [5.74, 6) is 0.595. The number of nitrogens with zero attached hydrogens (tertiary/aromatic N) is 5. The molecule has 1 aliphatic rings. The van der Waals surface area contributed by atoms with Crippen molar-refractivity contribution in [1.82, 2.24) is 30.4 Å². The Labute approximate surface area is 153 Å². The van der Waals surface area contributed by atoms with Gasteiger partial charge in [-0.3, -0.25) is 9.69 Å². The van der Waals surface area contributed by atoms with Crippen LogP contribution in [0.25, 0.3) is 11.4 Å². The zero-order chi connectivity index (χ0) is 18.2. The van der Waals surface area contributed by atoms with Crippen molar-refractivity contribution in [2.75, 3.05) is 39.4 Å². The third-order valence-corrected chi connectivity index (χ3v) is 4.38. The lowest BCUT2D eigenvalue weighted by Crippen LogP contribution is -2.38. The number of carbonyl (C=O) groups excluding carboxylic acids is 1. The van der Waals surface area contributed by atoms with Crippen molar-refractivity contribution >= 4 is 5.91 Å². The number of morpholine rings is 1. The van der Waals surface area contributed by atoms with Crippen LogP contribution < -0.4 is 5.32 Å². The lowest BCUT2D eigenvalue weighted by atomic mass is 10.1. The fourth-order valence-corrected chi connectivity index (χ4v) is 2.80. The molecule has 0 spiro atoms. The smallest absolute Gasteiger partial charge is 0.221 e. The molecule has 0 aliphatic carbocycles. The first-order chi connectivity index (χ1) is 12.7. The molecule has 8 nitrogen and oxygen atoms in total. The van der Waals surface area contributed by atoms with Crippen LogP contribution in [0, 0.1) is 6.92 Å². The molecule has 0 unspecified atom stereocenters. The van der Waals surface area contributed by atoms with E-state index in [-0.39, 0.29) is 5.91 Å². The lowest BCUT2D eigenvalue weighted by molar-refractivity contribution is -0.121. The Morgan fingerprint density at radius 1 is 1.19 bits per heavy atom. The summed E-state index contributed by atoms with van der Waals surface area (Å²) in [6.07, 6.45) is 1.30. The van der Waals surface area contributed by atoms with Crippen LogP contribution in [0.15, 0.2) is 24.3 Å². The minimum absolute atomic E-state index is 0.0150. The third kappa shape index (κ3) is 5.60. The van der Waals surface area contributed by atoms with Gasteiger partial charge in [0.1, 0.15) is 0 Å². The molecular formula is C18H26N6O2. The van der Waals surface area contributed by atoms with E-state index >= 15 is 0 Å². The summed E-state index contributed by atoms with van der Waals surface area (Å²) < 4.78 is 5.32. The van der Waals surface area contributed by atoms with E-state index in [0.717, 1.165) is 44.8 Å². The summed E-state index contributed by atoms with van der Waals surface area (Å²) in [5, 5.41) is 15.4. The average molecular weight is 358 g/mol. The molecule has 2 heterocycles. The average Bonchev–Trinajstić information content (AvgIpc) is 3.14. The molecule has 26 heavy (non-hydrogen) atoms. The van der Waals surface area contributed by atoms with E-state index in [1.54, 1.807) is 0 Å². The predicted octanol–water partition coefficient (Wildman–Crippen LogP) is 0.877. The highest BCUT2D eigenvalue weighted by atomic mass is 16.5. The molecule has 3 rings (SSSR count). The van der Waals surface area contributed by atoms with Crippen molar-refractivity contribution in [2.24, 2.45) is 0 Å². The van der Waals surface area contributed by atoms with E-state index in [1.807, 2.05) is 31.2 Å². The predicted molar refractivity (Wildman–Crippen MR) is 97.5 cm³/mol. The Kier molecular flexibility index (Phi) is 6.68. The van der Waals surface area contributed by atoms with Crippen LogP contribution in [0.1, 0.15) is 18.4 Å². The first-order valence-electron chi connectivity index (χ1n) is 9.12. The zero-order valence-corrected chi connectivity index (χ0v) is 15.2. The highest BCUT2D eigenvalue weighted by Gasteiger charge is 2.10. The Morgan fingerprint density at radius 2 is 1.96 bits per heavy atom. The van der Waals surface area contributed by atoms with Crippen molar-refractivity contribution < 1.29 is 9.53 Å². The monoisotopic (exact) mass is 358 g/mol. The molecular weight excluding hydrogens is 332 g/mol. The number of nitrogens with one attached hydrogen (secondary N) is 1. The number of rotatable bonds is 8. The van der Waals surface area contributed by atoms with Gasteiger partial charge < -0.3 is 10.1 Å². The van der Waals surface area contributed by atoms with E-state index in [4.69, 9.17) is 4.74 Å². The van der Waals surface area contributed by atoms with Gasteiger partial charge >= 0.3 is 0 Å². The number of benzene rings is 1. The fourth-order valence-electron chi connectivity index (χ4n) is 2.80. The highest BCUT2D eigenvalue weighted by Crippen LogP contribution is 2.13. The number of hydrogen-bond donors (Lipinski definition) is 1. The summed E-state index contributed by atoms with van der Waals surface area (Å²) in [6, 6.07) is 7.97. The van der Waals surface area contributed by atoms with Crippen molar-refractivity contribution in [3.63, 3.8) is 0 Å². The largest absolute Gasteiger partial charge is 0.379 e. The molecule has 1 saturated heterocycles. The highest BCUT2D eigenvalue weighted by molar-refractivity contribution is 5.75. The number of amides is 1. The van der Waals surface area contributed by atoms with Crippen LogP contribution in [0.2, 0.25) is 0 Å². The number of tetrazole rings is 1. The van der Waals surface area contributed by atoms with Gasteiger partial charge in [0.15, 0.2) is 0 Å². The Bertz CT molecular complexity index is 694. The molecule has 0 bridgehead atoms. The van der Waals surface area contributed by atoms with Gasteiger partial charge in [-0.05, 0) is 25.1 Å². The number of carbonyl (C=O) groups is 1. The third-order valence-electron chi connectivity index (χ3n) is 4.38. The topological polar surface area (TPSA) is 85.2 Å². The molecule has 2 aromatic rings. The Morgan fingerprint density at radius 3 is 2.73 bits per heavy atom. The molecule has 0 saturated carbocycles. The molecule has 1 N–H and O–H groups in total. The van der Waals surface area contributed by atoms with Gasteiger partial charge in [-0.1, -0.05) is 29.8 Å². The van der Waals surface area contributed by atoms with E-state index < -0.39 is 0 Å². The molecule has 0 radical (unpaired) electrons. The van der Waals surface area contributed by atoms with Crippen LogP contribution in [0.5, 0.6) is 0 Å². The molecule has 0 atom stereocenters. The maximum Gasteiger partial charge on any atom is 0.221 e. The van der Waals surface area contributed by atoms with Gasteiger partial charge in [0, 0.05) is 31.6 Å². The fraction of sp³-hybridized carbons (Fsp3) is 0.556. The van der Waals surface area contributed by atoms with Gasteiger partial charge in [0.05, 0.1) is 19.8 Å². The number of aromatic nitrogens is 4. The van der Waals surface area contributed by atoms with E-state index in [9.17, 15) is 4.79 Å². The summed E-state index contributed by atoms with van der Waals surface area (Å²) in [6.45, 7) is 7.72. The van der Waals surface area contributed by atoms with Crippen molar-refractivity contribution in [3.05, 3.63) is 29.8 Å². The van der Waals surface area contributed by atoms with E-state index in [2.05, 4.69) is 25.6 Å². The molecule has 8 heteroatoms. The molecule has 140 valence electrons. The van der Waals surface area contributed by atoms with Crippen LogP contribution in [-0.2, 0) is 16.1 Å². The standard InChI is InChI=1S/C18H26N6O2/c1-15-3-5-16(6-4-15)18-20-22-24(21-18)10-7-17(25)19-8-2-9-23-11-13-26-14-12-23/h3-6H,2,7-14H2,1H3,(H,19,25). The first-order valence-corrected chi connectivity index (χ1v) is 9.12. The number of aryl methyl sites for hydroxylation is 2. The van der Waals surface area contributed by atoms with Crippen LogP contribution in [0.3, 0.4) is 0 Å². The molecule has 1 aromatic carbocycles. The SMILES string of the molecule is Cc1ccc(-c2nnn(CCC(=O)NCCCN3CCOCC3)n2)cc1. The second-order valence-corrected chi connectivity index (χ2v) is 6.48. The summed E-state index contributed by atoms with van der Waals surface area (Å²) >= 11 is 0. The maximum atomic E-state index is 11.9. The second-order valence-electron chi connectivity index (χ2n) is 6.48. The van der Waals surface area contributed by atoms with Gasteiger partial charge in [-0.15, -0.1) is 10.2 Å². The van der Waals surface area contributed by atoms with Crippen molar-refractivity contribution in [3.8, 4) is 11.4 Å². The molecule has 1 aliphatic heterocycles. The number of hydrogen-bond acceptors (Lipinski definition) is 6. The van der Waals surface area contributed by atoms with Crippen LogP contribution in [0.4, 0.5) is 0 Å². The van der Waals surface area contributed by atoms with Gasteiger partial charge in [0.2, 0.25) is 11.7 Å². The van der Waals surface area contributed by atoms with E-state index in [0.29, 0.717) is 25.3 Å². The molecule has 1 amide bonds. The van der Waals surface area contributed by atoms with Gasteiger partial charge in [-0.2, -0.15) is 4.80 Å². The van der Waals surface area contributed by atoms with E-state index in [1.165, 1.54) is 10.4 Å². The quantitative estimate of drug-likeness (QED) is 0.705.